The van der Waals surface area contributed by atoms with Crippen molar-refractivity contribution in [3.8, 4) is 11.5 Å². The molecule has 1 fully saturated rings. The predicted octanol–water partition coefficient (Wildman–Crippen LogP) is 0.790. The van der Waals surface area contributed by atoms with Crippen LogP contribution in [0.2, 0.25) is 0 Å². The molecule has 1 atom stereocenters. The molecule has 0 saturated carbocycles. The molecule has 0 aliphatic carbocycles. The van der Waals surface area contributed by atoms with E-state index in [0.29, 0.717) is 43.4 Å². The molecule has 9 nitrogen and oxygen atoms in total. The molecule has 170 valence electrons. The van der Waals surface area contributed by atoms with Crippen LogP contribution in [0.4, 0.5) is 0 Å². The standard InChI is InChI=1S/C23H26N2O7/c1-29-16-6-5-15(14-18(16)30-2)20-19(21(26)17-4-3-11-32-17)22(27)23(28)25(20)8-7-24-9-12-31-13-10-24/h3-6,11,14,20,27H,7-10,12-13H2,1-2H3/p+1/t20-/m1/s1. The number of rotatable bonds is 8. The lowest BCUT2D eigenvalue weighted by atomic mass is 9.94. The van der Waals surface area contributed by atoms with Gasteiger partial charge in [-0.1, -0.05) is 6.07 Å². The number of carbonyl (C=O) groups excluding carboxylic acids is 2. The fourth-order valence-corrected chi connectivity index (χ4v) is 4.21. The zero-order chi connectivity index (χ0) is 22.7. The molecule has 2 aliphatic heterocycles. The number of furan rings is 1. The minimum Gasteiger partial charge on any atom is -0.503 e. The Balaban J connectivity index is 1.71. The molecule has 0 spiro atoms. The Hall–Kier alpha value is -3.30. The largest absolute Gasteiger partial charge is 0.503 e. The van der Waals surface area contributed by atoms with Crippen LogP contribution >= 0.6 is 0 Å². The molecule has 4 rings (SSSR count). The highest BCUT2D eigenvalue weighted by molar-refractivity contribution is 6.15. The molecule has 0 radical (unpaired) electrons. The molecule has 1 amide bonds. The number of carbonyl (C=O) groups is 2. The van der Waals surface area contributed by atoms with Gasteiger partial charge in [0.05, 0.1) is 58.4 Å². The lowest BCUT2D eigenvalue weighted by Gasteiger charge is -2.30. The summed E-state index contributed by atoms with van der Waals surface area (Å²) in [4.78, 5) is 29.1. The summed E-state index contributed by atoms with van der Waals surface area (Å²) in [5.74, 6) is -0.604. The molecular formula is C23H27N2O7+. The van der Waals surface area contributed by atoms with E-state index in [1.807, 2.05) is 0 Å². The number of benzene rings is 1. The second-order valence-electron chi connectivity index (χ2n) is 7.70. The van der Waals surface area contributed by atoms with E-state index in [0.717, 1.165) is 13.1 Å². The smallest absolute Gasteiger partial charge is 0.290 e. The summed E-state index contributed by atoms with van der Waals surface area (Å²) in [6.07, 6.45) is 1.38. The molecular weight excluding hydrogens is 416 g/mol. The zero-order valence-electron chi connectivity index (χ0n) is 18.1. The van der Waals surface area contributed by atoms with Crippen molar-refractivity contribution >= 4 is 11.7 Å². The van der Waals surface area contributed by atoms with Crippen molar-refractivity contribution in [2.45, 2.75) is 6.04 Å². The van der Waals surface area contributed by atoms with Crippen LogP contribution in [0.15, 0.2) is 52.3 Å². The number of hydrogen-bond acceptors (Lipinski definition) is 7. The summed E-state index contributed by atoms with van der Waals surface area (Å²) in [7, 11) is 3.05. The Morgan fingerprint density at radius 2 is 1.94 bits per heavy atom. The van der Waals surface area contributed by atoms with Crippen LogP contribution in [0.1, 0.15) is 22.2 Å². The fourth-order valence-electron chi connectivity index (χ4n) is 4.21. The fraction of sp³-hybridized carbons (Fsp3) is 0.391. The number of methoxy groups -OCH3 is 2. The first-order valence-corrected chi connectivity index (χ1v) is 10.5. The second kappa shape index (κ2) is 9.46. The van der Waals surface area contributed by atoms with Crippen LogP contribution in [-0.2, 0) is 9.53 Å². The maximum Gasteiger partial charge on any atom is 0.290 e. The summed E-state index contributed by atoms with van der Waals surface area (Å²) >= 11 is 0. The lowest BCUT2D eigenvalue weighted by molar-refractivity contribution is -0.907. The van der Waals surface area contributed by atoms with E-state index in [9.17, 15) is 14.7 Å². The van der Waals surface area contributed by atoms with Crippen molar-refractivity contribution in [2.75, 3.05) is 53.6 Å². The third-order valence-electron chi connectivity index (χ3n) is 5.92. The van der Waals surface area contributed by atoms with Gasteiger partial charge in [0, 0.05) is 0 Å². The average molecular weight is 443 g/mol. The van der Waals surface area contributed by atoms with E-state index in [4.69, 9.17) is 18.6 Å². The molecule has 0 bridgehead atoms. The highest BCUT2D eigenvalue weighted by Gasteiger charge is 2.45. The number of ether oxygens (including phenoxy) is 3. The minimum atomic E-state index is -0.777. The van der Waals surface area contributed by atoms with Crippen molar-refractivity contribution in [3.63, 3.8) is 0 Å². The van der Waals surface area contributed by atoms with Crippen LogP contribution in [0.25, 0.3) is 0 Å². The number of quaternary nitrogens is 1. The first-order chi connectivity index (χ1) is 15.5. The molecule has 9 heteroatoms. The van der Waals surface area contributed by atoms with Gasteiger partial charge in [-0.3, -0.25) is 9.59 Å². The van der Waals surface area contributed by atoms with Crippen molar-refractivity contribution in [3.05, 3.63) is 59.3 Å². The molecule has 1 aromatic heterocycles. The van der Waals surface area contributed by atoms with Gasteiger partial charge in [-0.15, -0.1) is 0 Å². The molecule has 32 heavy (non-hydrogen) atoms. The van der Waals surface area contributed by atoms with Gasteiger partial charge in [0.25, 0.3) is 5.91 Å². The number of aliphatic hydroxyl groups excluding tert-OH is 1. The van der Waals surface area contributed by atoms with Gasteiger partial charge in [0.15, 0.2) is 23.0 Å². The summed E-state index contributed by atoms with van der Waals surface area (Å²) in [5.41, 5.74) is 0.626. The van der Waals surface area contributed by atoms with Gasteiger partial charge in [0.1, 0.15) is 13.1 Å². The SMILES string of the molecule is COc1ccc([C@@H]2C(C(=O)c3ccco3)=C(O)C(=O)N2CC[NH+]2CCOCC2)cc1OC. The normalized spacial score (nSPS) is 19.5. The zero-order valence-corrected chi connectivity index (χ0v) is 18.1. The first-order valence-electron chi connectivity index (χ1n) is 10.5. The molecule has 3 heterocycles. The van der Waals surface area contributed by atoms with Crippen LogP contribution in [-0.4, -0.2) is 75.3 Å². The van der Waals surface area contributed by atoms with E-state index in [1.165, 1.54) is 36.3 Å². The van der Waals surface area contributed by atoms with Gasteiger partial charge in [-0.05, 0) is 29.8 Å². The summed E-state index contributed by atoms with van der Waals surface area (Å²) in [6, 6.07) is 7.53. The van der Waals surface area contributed by atoms with Crippen LogP contribution < -0.4 is 14.4 Å². The number of nitrogens with zero attached hydrogens (tertiary/aromatic N) is 1. The summed E-state index contributed by atoms with van der Waals surface area (Å²) < 4.78 is 21.4. The van der Waals surface area contributed by atoms with Gasteiger partial charge < -0.3 is 33.5 Å². The molecule has 2 aliphatic rings. The van der Waals surface area contributed by atoms with Gasteiger partial charge in [0.2, 0.25) is 5.78 Å². The summed E-state index contributed by atoms with van der Waals surface area (Å²) in [5, 5.41) is 10.7. The number of hydrogen-bond donors (Lipinski definition) is 2. The quantitative estimate of drug-likeness (QED) is 0.582. The van der Waals surface area contributed by atoms with Crippen molar-refractivity contribution in [1.29, 1.82) is 0 Å². The van der Waals surface area contributed by atoms with Gasteiger partial charge in [-0.2, -0.15) is 0 Å². The molecule has 1 aromatic carbocycles. The van der Waals surface area contributed by atoms with Crippen LogP contribution in [0.5, 0.6) is 11.5 Å². The Morgan fingerprint density at radius 1 is 1.19 bits per heavy atom. The third kappa shape index (κ3) is 4.09. The lowest BCUT2D eigenvalue weighted by Crippen LogP contribution is -3.14. The summed E-state index contributed by atoms with van der Waals surface area (Å²) in [6.45, 7) is 4.09. The van der Waals surface area contributed by atoms with Crippen molar-refractivity contribution in [2.24, 2.45) is 0 Å². The number of amides is 1. The first kappa shape index (κ1) is 21.9. The number of ketones is 1. The topological polar surface area (TPSA) is 103 Å². The van der Waals surface area contributed by atoms with Crippen LogP contribution in [0, 0.1) is 0 Å². The van der Waals surface area contributed by atoms with E-state index >= 15 is 0 Å². The van der Waals surface area contributed by atoms with Crippen molar-refractivity contribution in [1.82, 2.24) is 4.90 Å². The number of morpholine rings is 1. The Bertz CT molecular complexity index is 1010. The van der Waals surface area contributed by atoms with E-state index in [1.54, 1.807) is 24.3 Å². The van der Waals surface area contributed by atoms with Gasteiger partial charge in [-0.25, -0.2) is 0 Å². The molecule has 2 N–H and O–H groups in total. The predicted molar refractivity (Wildman–Crippen MR) is 113 cm³/mol. The number of aliphatic hydroxyl groups is 1. The highest BCUT2D eigenvalue weighted by Crippen LogP contribution is 2.41. The number of Topliss-reactive ketones (excluding diaryl/α,β-unsaturated/α-hetero) is 1. The monoisotopic (exact) mass is 443 g/mol. The average Bonchev–Trinajstić information content (AvgIpc) is 3.45. The van der Waals surface area contributed by atoms with Crippen molar-refractivity contribution < 1.29 is 38.2 Å². The van der Waals surface area contributed by atoms with E-state index in [2.05, 4.69) is 0 Å². The molecule has 1 saturated heterocycles. The Kier molecular flexibility index (Phi) is 6.48. The maximum atomic E-state index is 13.2. The minimum absolute atomic E-state index is 0.00542. The number of nitrogens with one attached hydrogen (secondary N) is 1. The maximum absolute atomic E-state index is 13.2. The van der Waals surface area contributed by atoms with E-state index < -0.39 is 23.5 Å². The second-order valence-corrected chi connectivity index (χ2v) is 7.70. The molecule has 0 unspecified atom stereocenters. The van der Waals surface area contributed by atoms with E-state index in [-0.39, 0.29) is 11.3 Å². The molecule has 2 aromatic rings. The highest BCUT2D eigenvalue weighted by atomic mass is 16.5. The Labute approximate surface area is 185 Å². The Morgan fingerprint density at radius 3 is 2.59 bits per heavy atom. The van der Waals surface area contributed by atoms with Crippen LogP contribution in [0.3, 0.4) is 0 Å². The van der Waals surface area contributed by atoms with Gasteiger partial charge >= 0.3 is 0 Å². The third-order valence-corrected chi connectivity index (χ3v) is 5.92.